The van der Waals surface area contributed by atoms with Gasteiger partial charge in [-0.1, -0.05) is 36.6 Å². The highest BCUT2D eigenvalue weighted by atomic mass is 32.2. The standard InChI is InChI=1S/C44H49FN6O9S/c1-25-13-20-35-32(21-25)36-37(60-35)40(48-38(47-36)26-14-16-28(45)17-15-26)58-30-22-34-39(52)49-44(42(54)50-61(56,57)31-18-19-31)23-27(44)9-5-3-2-4-6-12-33(41(53)51(34)24-30)46-43(55)59-29-10-7-8-11-29/h5,9,13-17,20-21,27,29-31,33-34H,2-4,6-8,10-12,18-19,22-24H2,1H3,(H,46,55)(H,49,52)(H,50,54)/b9-5-/t27-,30-,33+,34+,44-/m1/s1. The first-order valence-corrected chi connectivity index (χ1v) is 22.9. The molecule has 4 aromatic rings. The zero-order valence-electron chi connectivity index (χ0n) is 33.9. The summed E-state index contributed by atoms with van der Waals surface area (Å²) in [5.41, 5.74) is 1.15. The van der Waals surface area contributed by atoms with Crippen LogP contribution in [-0.2, 0) is 29.1 Å². The van der Waals surface area contributed by atoms with Crippen molar-refractivity contribution in [3.63, 3.8) is 0 Å². The molecular formula is C44H49FN6O9S. The summed E-state index contributed by atoms with van der Waals surface area (Å²) in [6.07, 6.45) is 9.50. The van der Waals surface area contributed by atoms with Crippen molar-refractivity contribution in [1.29, 1.82) is 0 Å². The van der Waals surface area contributed by atoms with Gasteiger partial charge in [0.05, 0.1) is 11.8 Å². The highest BCUT2D eigenvalue weighted by Gasteiger charge is 2.62. The molecule has 0 bridgehead atoms. The Morgan fingerprint density at radius 2 is 1.74 bits per heavy atom. The van der Waals surface area contributed by atoms with Gasteiger partial charge in [0.25, 0.3) is 11.8 Å². The minimum absolute atomic E-state index is 0.0436. The number of nitrogens with one attached hydrogen (secondary N) is 3. The summed E-state index contributed by atoms with van der Waals surface area (Å²) in [5, 5.41) is 5.74. The van der Waals surface area contributed by atoms with Crippen LogP contribution in [0.3, 0.4) is 0 Å². The number of rotatable bonds is 8. The van der Waals surface area contributed by atoms with Crippen LogP contribution in [0.2, 0.25) is 0 Å². The lowest BCUT2D eigenvalue weighted by Gasteiger charge is -2.30. The minimum atomic E-state index is -3.93. The van der Waals surface area contributed by atoms with E-state index in [4.69, 9.17) is 23.9 Å². The third kappa shape index (κ3) is 8.53. The topological polar surface area (TPSA) is 199 Å². The molecular weight excluding hydrogens is 808 g/mol. The molecule has 3 N–H and O–H groups in total. The zero-order valence-corrected chi connectivity index (χ0v) is 34.7. The van der Waals surface area contributed by atoms with Crippen LogP contribution in [0.1, 0.15) is 89.0 Å². The highest BCUT2D eigenvalue weighted by molar-refractivity contribution is 7.91. The predicted molar refractivity (Wildman–Crippen MR) is 221 cm³/mol. The van der Waals surface area contributed by atoms with E-state index in [-0.39, 0.29) is 42.8 Å². The van der Waals surface area contributed by atoms with E-state index in [0.717, 1.165) is 44.1 Å². The Morgan fingerprint density at radius 1 is 0.967 bits per heavy atom. The largest absolute Gasteiger partial charge is 0.470 e. The molecule has 2 aliphatic heterocycles. The normalized spacial score (nSPS) is 26.8. The number of carbonyl (C=O) groups excluding carboxylic acids is 4. The number of amides is 4. The van der Waals surface area contributed by atoms with E-state index in [1.165, 1.54) is 17.0 Å². The Labute approximate surface area is 352 Å². The monoisotopic (exact) mass is 856 g/mol. The first-order valence-electron chi connectivity index (χ1n) is 21.3. The van der Waals surface area contributed by atoms with Crippen molar-refractivity contribution >= 4 is 55.9 Å². The van der Waals surface area contributed by atoms with Crippen molar-refractivity contribution in [2.75, 3.05) is 6.54 Å². The number of hydrogen-bond donors (Lipinski definition) is 3. The van der Waals surface area contributed by atoms with Gasteiger partial charge >= 0.3 is 6.09 Å². The fourth-order valence-corrected chi connectivity index (χ4v) is 10.2. The van der Waals surface area contributed by atoms with Gasteiger partial charge in [0.15, 0.2) is 5.82 Å². The van der Waals surface area contributed by atoms with Crippen molar-refractivity contribution in [2.45, 2.75) is 125 Å². The summed E-state index contributed by atoms with van der Waals surface area (Å²) in [6.45, 7) is 1.83. The van der Waals surface area contributed by atoms with Gasteiger partial charge < -0.3 is 29.4 Å². The molecule has 4 heterocycles. The van der Waals surface area contributed by atoms with Gasteiger partial charge in [0, 0.05) is 23.3 Å². The van der Waals surface area contributed by atoms with Crippen LogP contribution in [0.4, 0.5) is 9.18 Å². The summed E-state index contributed by atoms with van der Waals surface area (Å²) in [7, 11) is -3.93. The molecule has 4 amide bonds. The van der Waals surface area contributed by atoms with E-state index < -0.39 is 74.5 Å². The molecule has 15 nitrogen and oxygen atoms in total. The average molecular weight is 857 g/mol. The number of carbonyl (C=O) groups is 4. The van der Waals surface area contributed by atoms with E-state index >= 15 is 0 Å². The molecule has 9 rings (SSSR count). The summed E-state index contributed by atoms with van der Waals surface area (Å²) in [6, 6.07) is 9.12. The number of allylic oxidation sites excluding steroid dienone is 1. The second-order valence-electron chi connectivity index (χ2n) is 17.1. The lowest BCUT2D eigenvalue weighted by Crippen LogP contribution is -2.58. The third-order valence-corrected chi connectivity index (χ3v) is 14.3. The molecule has 61 heavy (non-hydrogen) atoms. The molecule has 2 aromatic carbocycles. The van der Waals surface area contributed by atoms with Crippen molar-refractivity contribution in [3.05, 3.63) is 66.0 Å². The molecule has 0 spiro atoms. The van der Waals surface area contributed by atoms with Gasteiger partial charge in [-0.05, 0) is 108 Å². The van der Waals surface area contributed by atoms with Gasteiger partial charge in [0.2, 0.25) is 27.4 Å². The number of ether oxygens (including phenoxy) is 2. The first kappa shape index (κ1) is 40.8. The Hall–Kier alpha value is -5.58. The van der Waals surface area contributed by atoms with Crippen LogP contribution in [0, 0.1) is 18.7 Å². The predicted octanol–water partition coefficient (Wildman–Crippen LogP) is 5.88. The number of benzene rings is 2. The molecule has 1 saturated heterocycles. The molecule has 0 radical (unpaired) electrons. The zero-order chi connectivity index (χ0) is 42.5. The smallest absolute Gasteiger partial charge is 0.408 e. The van der Waals surface area contributed by atoms with Crippen LogP contribution in [0.15, 0.2) is 59.0 Å². The molecule has 5 aliphatic rings. The Morgan fingerprint density at radius 3 is 2.51 bits per heavy atom. The first-order chi connectivity index (χ1) is 29.4. The summed E-state index contributed by atoms with van der Waals surface area (Å²) < 4.78 is 60.7. The molecule has 3 saturated carbocycles. The average Bonchev–Trinajstić information content (AvgIpc) is 4.05. The Balaban J connectivity index is 1.06. The highest BCUT2D eigenvalue weighted by Crippen LogP contribution is 2.46. The Kier molecular flexibility index (Phi) is 10.9. The maximum atomic E-state index is 14.8. The third-order valence-electron chi connectivity index (χ3n) is 12.5. The van der Waals surface area contributed by atoms with Crippen molar-refractivity contribution in [1.82, 2.24) is 30.2 Å². The lowest BCUT2D eigenvalue weighted by molar-refractivity contribution is -0.141. The van der Waals surface area contributed by atoms with E-state index in [1.54, 1.807) is 12.1 Å². The van der Waals surface area contributed by atoms with E-state index in [1.807, 2.05) is 37.3 Å². The SMILES string of the molecule is Cc1ccc2oc3c(O[C@@H]4C[C@H]5C(=O)N[C@]6(C(=O)NS(=O)(=O)C7CC7)C[C@H]6/C=C\CCCCC[C@H](NC(=O)OC6CCCC6)C(=O)N5C4)nc(-c4ccc(F)cc4)nc3c2c1. The molecule has 322 valence electrons. The van der Waals surface area contributed by atoms with Crippen molar-refractivity contribution in [2.24, 2.45) is 5.92 Å². The van der Waals surface area contributed by atoms with E-state index in [2.05, 4.69) is 15.4 Å². The van der Waals surface area contributed by atoms with Crippen LogP contribution >= 0.6 is 0 Å². The molecule has 3 aliphatic carbocycles. The fraction of sp³-hybridized carbons (Fsp3) is 0.500. The quantitative estimate of drug-likeness (QED) is 0.179. The number of sulfonamides is 1. The lowest BCUT2D eigenvalue weighted by atomic mass is 10.0. The maximum absolute atomic E-state index is 14.8. The van der Waals surface area contributed by atoms with Crippen LogP contribution in [0.25, 0.3) is 33.5 Å². The molecule has 5 atom stereocenters. The molecule has 17 heteroatoms. The van der Waals surface area contributed by atoms with Gasteiger partial charge in [-0.2, -0.15) is 4.98 Å². The molecule has 4 fully saturated rings. The molecule has 2 aromatic heterocycles. The van der Waals surface area contributed by atoms with Gasteiger partial charge in [-0.25, -0.2) is 22.6 Å². The van der Waals surface area contributed by atoms with Crippen molar-refractivity contribution in [3.8, 4) is 17.3 Å². The summed E-state index contributed by atoms with van der Waals surface area (Å²) in [5.74, 6) is -2.63. The second-order valence-corrected chi connectivity index (χ2v) is 19.1. The number of aromatic nitrogens is 2. The van der Waals surface area contributed by atoms with E-state index in [0.29, 0.717) is 54.2 Å². The van der Waals surface area contributed by atoms with Gasteiger partial charge in [-0.15, -0.1) is 0 Å². The minimum Gasteiger partial charge on any atom is -0.470 e. The second kappa shape index (κ2) is 16.4. The maximum Gasteiger partial charge on any atom is 0.408 e. The number of alkyl carbamates (subject to hydrolysis) is 1. The fourth-order valence-electron chi connectivity index (χ4n) is 8.88. The van der Waals surface area contributed by atoms with Crippen LogP contribution in [0.5, 0.6) is 5.88 Å². The summed E-state index contributed by atoms with van der Waals surface area (Å²) in [4.78, 5) is 67.4. The molecule has 0 unspecified atom stereocenters. The van der Waals surface area contributed by atoms with Crippen LogP contribution in [-0.4, -0.2) is 88.7 Å². The van der Waals surface area contributed by atoms with Gasteiger partial charge in [-0.3, -0.25) is 19.1 Å². The number of halogens is 1. The number of hydrogen-bond acceptors (Lipinski definition) is 11. The number of nitrogens with zero attached hydrogens (tertiary/aromatic N) is 3. The summed E-state index contributed by atoms with van der Waals surface area (Å²) >= 11 is 0. The van der Waals surface area contributed by atoms with Crippen LogP contribution < -0.4 is 20.1 Å². The number of furan rings is 1. The van der Waals surface area contributed by atoms with Crippen molar-refractivity contribution < 1.29 is 45.9 Å². The number of fused-ring (bicyclic) bond motifs is 5. The number of aryl methyl sites for hydroxylation is 1. The van der Waals surface area contributed by atoms with E-state index in [9.17, 15) is 32.0 Å². The Bertz CT molecular complexity index is 2520. The van der Waals surface area contributed by atoms with Gasteiger partial charge in [0.1, 0.15) is 46.7 Å².